The molecule has 0 heterocycles. The summed E-state index contributed by atoms with van der Waals surface area (Å²) in [4.78, 5) is 23.6. The number of carbonyl (C=O) groups is 2. The molecule has 0 spiro atoms. The molecule has 2 aromatic carbocycles. The first-order chi connectivity index (χ1) is 10.9. The van der Waals surface area contributed by atoms with Crippen molar-refractivity contribution in [2.75, 3.05) is 0 Å². The van der Waals surface area contributed by atoms with Gasteiger partial charge in [0.15, 0.2) is 0 Å². The summed E-state index contributed by atoms with van der Waals surface area (Å²) in [5.74, 6) is -3.39. The fraction of sp³-hybridized carbons (Fsp3) is 0.125. The maximum absolute atomic E-state index is 13.6. The molecule has 0 aliphatic carbocycles. The summed E-state index contributed by atoms with van der Waals surface area (Å²) in [6.07, 6.45) is 0.144. The van der Waals surface area contributed by atoms with Crippen LogP contribution in [0.3, 0.4) is 0 Å². The number of halogens is 3. The van der Waals surface area contributed by atoms with E-state index in [9.17, 15) is 18.4 Å². The van der Waals surface area contributed by atoms with E-state index in [0.29, 0.717) is 6.07 Å². The van der Waals surface area contributed by atoms with Crippen molar-refractivity contribution in [2.24, 2.45) is 5.73 Å². The molecular weight excluding hydrogens is 370 g/mol. The van der Waals surface area contributed by atoms with Gasteiger partial charge in [0.25, 0.3) is 5.91 Å². The first-order valence-electron chi connectivity index (χ1n) is 6.67. The number of primary amides is 1. The van der Waals surface area contributed by atoms with E-state index >= 15 is 0 Å². The van der Waals surface area contributed by atoms with Gasteiger partial charge in [0.2, 0.25) is 5.91 Å². The lowest BCUT2D eigenvalue weighted by Crippen LogP contribution is -2.46. The van der Waals surface area contributed by atoms with E-state index in [0.717, 1.165) is 22.2 Å². The monoisotopic (exact) mass is 382 g/mol. The number of hydrogen-bond acceptors (Lipinski definition) is 2. The lowest BCUT2D eigenvalue weighted by molar-refractivity contribution is -0.119. The summed E-state index contributed by atoms with van der Waals surface area (Å²) < 4.78 is 27.3. The largest absolute Gasteiger partial charge is 0.368 e. The molecule has 0 bridgehead atoms. The minimum atomic E-state index is -1.02. The van der Waals surface area contributed by atoms with Gasteiger partial charge in [-0.2, -0.15) is 0 Å². The predicted octanol–water partition coefficient (Wildman–Crippen LogP) is 2.55. The van der Waals surface area contributed by atoms with E-state index in [4.69, 9.17) is 5.73 Å². The van der Waals surface area contributed by atoms with Crippen molar-refractivity contribution in [2.45, 2.75) is 12.5 Å². The number of nitrogens with two attached hydrogens (primary N) is 1. The number of hydrogen-bond donors (Lipinski definition) is 2. The Morgan fingerprint density at radius 1 is 1.17 bits per heavy atom. The van der Waals surface area contributed by atoms with Crippen LogP contribution in [0.1, 0.15) is 15.9 Å². The fourth-order valence-electron chi connectivity index (χ4n) is 2.02. The van der Waals surface area contributed by atoms with Crippen LogP contribution in [0, 0.1) is 11.6 Å². The quantitative estimate of drug-likeness (QED) is 0.833. The van der Waals surface area contributed by atoms with E-state index in [2.05, 4.69) is 21.2 Å². The van der Waals surface area contributed by atoms with Gasteiger partial charge < -0.3 is 11.1 Å². The molecule has 2 amide bonds. The highest BCUT2D eigenvalue weighted by Gasteiger charge is 2.22. The second-order valence-corrected chi connectivity index (χ2v) is 5.70. The zero-order chi connectivity index (χ0) is 17.0. The molecule has 0 saturated heterocycles. The molecule has 0 aliphatic rings. The summed E-state index contributed by atoms with van der Waals surface area (Å²) in [5.41, 5.74) is 5.70. The molecule has 1 atom stereocenters. The number of rotatable bonds is 5. The van der Waals surface area contributed by atoms with Gasteiger partial charge in [-0.05, 0) is 23.8 Å². The van der Waals surface area contributed by atoms with Crippen molar-refractivity contribution in [3.05, 3.63) is 69.7 Å². The summed E-state index contributed by atoms with van der Waals surface area (Å²) in [5, 5.41) is 2.37. The lowest BCUT2D eigenvalue weighted by Gasteiger charge is -2.16. The molecule has 0 radical (unpaired) electrons. The molecule has 0 aliphatic heterocycles. The minimum absolute atomic E-state index is 0.144. The Morgan fingerprint density at radius 2 is 1.87 bits per heavy atom. The molecule has 7 heteroatoms. The van der Waals surface area contributed by atoms with Crippen LogP contribution >= 0.6 is 15.9 Å². The second kappa shape index (κ2) is 7.32. The number of nitrogens with one attached hydrogen (secondary N) is 1. The van der Waals surface area contributed by atoms with E-state index < -0.39 is 29.5 Å². The number of benzene rings is 2. The maximum Gasteiger partial charge on any atom is 0.254 e. The van der Waals surface area contributed by atoms with Crippen molar-refractivity contribution in [1.82, 2.24) is 5.32 Å². The first kappa shape index (κ1) is 17.1. The Bertz CT molecular complexity index is 753. The van der Waals surface area contributed by atoms with Gasteiger partial charge in [0, 0.05) is 17.0 Å². The molecule has 120 valence electrons. The van der Waals surface area contributed by atoms with Gasteiger partial charge in [0.05, 0.1) is 5.56 Å². The zero-order valence-corrected chi connectivity index (χ0v) is 13.4. The molecule has 0 saturated carbocycles. The first-order valence-corrected chi connectivity index (χ1v) is 7.46. The van der Waals surface area contributed by atoms with E-state index in [-0.39, 0.29) is 12.0 Å². The SMILES string of the molecule is NC(=O)[C@@H](Cc1ccccc1Br)NC(=O)c1ccc(F)cc1F. The van der Waals surface area contributed by atoms with Crippen molar-refractivity contribution in [3.63, 3.8) is 0 Å². The number of amides is 2. The molecule has 2 rings (SSSR count). The van der Waals surface area contributed by atoms with Gasteiger partial charge in [0.1, 0.15) is 17.7 Å². The third kappa shape index (κ3) is 4.35. The third-order valence-electron chi connectivity index (χ3n) is 3.21. The third-order valence-corrected chi connectivity index (χ3v) is 3.98. The summed E-state index contributed by atoms with van der Waals surface area (Å²) in [6.45, 7) is 0. The normalized spacial score (nSPS) is 11.8. The number of carbonyl (C=O) groups excluding carboxylic acids is 2. The average Bonchev–Trinajstić information content (AvgIpc) is 2.48. The van der Waals surface area contributed by atoms with Gasteiger partial charge in [-0.3, -0.25) is 9.59 Å². The van der Waals surface area contributed by atoms with Crippen LogP contribution < -0.4 is 11.1 Å². The van der Waals surface area contributed by atoms with Gasteiger partial charge in [-0.25, -0.2) is 8.78 Å². The standard InChI is InChI=1S/C16H13BrF2N2O2/c17-12-4-2-1-3-9(12)7-14(15(20)22)21-16(23)11-6-5-10(18)8-13(11)19/h1-6,8,14H,7H2,(H2,20,22)(H,21,23)/t14-/m1/s1. The van der Waals surface area contributed by atoms with Crippen LogP contribution in [-0.4, -0.2) is 17.9 Å². The van der Waals surface area contributed by atoms with Crippen LogP contribution in [0.25, 0.3) is 0 Å². The van der Waals surface area contributed by atoms with Gasteiger partial charge in [-0.15, -0.1) is 0 Å². The molecule has 4 nitrogen and oxygen atoms in total. The van der Waals surface area contributed by atoms with Crippen molar-refractivity contribution < 1.29 is 18.4 Å². The van der Waals surface area contributed by atoms with Crippen molar-refractivity contribution in [3.8, 4) is 0 Å². The van der Waals surface area contributed by atoms with E-state index in [1.165, 1.54) is 0 Å². The second-order valence-electron chi connectivity index (χ2n) is 4.85. The summed E-state index contributed by atoms with van der Waals surface area (Å²) in [6, 6.07) is 8.69. The Kier molecular flexibility index (Phi) is 5.44. The highest BCUT2D eigenvalue weighted by atomic mass is 79.9. The lowest BCUT2D eigenvalue weighted by atomic mass is 10.0. The summed E-state index contributed by atoms with van der Waals surface area (Å²) >= 11 is 3.34. The Morgan fingerprint density at radius 3 is 2.48 bits per heavy atom. The van der Waals surface area contributed by atoms with Crippen molar-refractivity contribution in [1.29, 1.82) is 0 Å². The Balaban J connectivity index is 2.18. The Hall–Kier alpha value is -2.28. The molecule has 0 fully saturated rings. The fourth-order valence-corrected chi connectivity index (χ4v) is 2.46. The van der Waals surface area contributed by atoms with Crippen LogP contribution in [-0.2, 0) is 11.2 Å². The van der Waals surface area contributed by atoms with Crippen LogP contribution in [0.15, 0.2) is 46.9 Å². The Labute approximate surface area is 139 Å². The topological polar surface area (TPSA) is 72.2 Å². The highest BCUT2D eigenvalue weighted by molar-refractivity contribution is 9.10. The van der Waals surface area contributed by atoms with Crippen LogP contribution in [0.4, 0.5) is 8.78 Å². The molecule has 0 unspecified atom stereocenters. The highest BCUT2D eigenvalue weighted by Crippen LogP contribution is 2.18. The maximum atomic E-state index is 13.6. The van der Waals surface area contributed by atoms with Crippen molar-refractivity contribution >= 4 is 27.7 Å². The molecule has 3 N–H and O–H groups in total. The molecule has 0 aromatic heterocycles. The van der Waals surface area contributed by atoms with Gasteiger partial charge >= 0.3 is 0 Å². The zero-order valence-electron chi connectivity index (χ0n) is 11.9. The predicted molar refractivity (Wildman–Crippen MR) is 84.7 cm³/mol. The molecule has 23 heavy (non-hydrogen) atoms. The minimum Gasteiger partial charge on any atom is -0.368 e. The molecular formula is C16H13BrF2N2O2. The molecule has 2 aromatic rings. The van der Waals surface area contributed by atoms with E-state index in [1.807, 2.05) is 0 Å². The smallest absolute Gasteiger partial charge is 0.254 e. The average molecular weight is 383 g/mol. The van der Waals surface area contributed by atoms with E-state index in [1.54, 1.807) is 24.3 Å². The van der Waals surface area contributed by atoms with Gasteiger partial charge in [-0.1, -0.05) is 34.1 Å². The summed E-state index contributed by atoms with van der Waals surface area (Å²) in [7, 11) is 0. The van der Waals surface area contributed by atoms with Crippen LogP contribution in [0.2, 0.25) is 0 Å². The van der Waals surface area contributed by atoms with Crippen LogP contribution in [0.5, 0.6) is 0 Å².